The molecule has 0 aromatic carbocycles. The number of aryl methyl sites for hydroxylation is 1. The Bertz CT molecular complexity index is 589. The number of nitrogens with one attached hydrogen (secondary N) is 1. The highest BCUT2D eigenvalue weighted by atomic mass is 35.5. The Balaban J connectivity index is 1.96. The fourth-order valence-corrected chi connectivity index (χ4v) is 3.07. The van der Waals surface area contributed by atoms with E-state index in [1.807, 2.05) is 4.68 Å². The number of nitrogens with zero attached hydrogens (tertiary/aromatic N) is 4. The van der Waals surface area contributed by atoms with Crippen LogP contribution in [-0.4, -0.2) is 25.8 Å². The van der Waals surface area contributed by atoms with Crippen molar-refractivity contribution < 1.29 is 0 Å². The molecule has 2 heterocycles. The van der Waals surface area contributed by atoms with Gasteiger partial charge in [0.25, 0.3) is 0 Å². The van der Waals surface area contributed by atoms with Crippen LogP contribution in [0.15, 0.2) is 6.20 Å². The Morgan fingerprint density at radius 1 is 1.30 bits per heavy atom. The maximum Gasteiger partial charge on any atom is 0.225 e. The second kappa shape index (κ2) is 5.95. The molecular weight excluding hydrogens is 274 g/mol. The zero-order chi connectivity index (χ0) is 13.9. The summed E-state index contributed by atoms with van der Waals surface area (Å²) in [6.45, 7) is 3.01. The van der Waals surface area contributed by atoms with Crippen molar-refractivity contribution in [2.45, 2.75) is 58.0 Å². The average molecular weight is 294 g/mol. The van der Waals surface area contributed by atoms with Crippen LogP contribution >= 0.6 is 11.6 Å². The number of hydrogen-bond acceptors (Lipinski definition) is 4. The van der Waals surface area contributed by atoms with Crippen LogP contribution in [0, 0.1) is 0 Å². The van der Waals surface area contributed by atoms with Gasteiger partial charge >= 0.3 is 0 Å². The number of halogens is 1. The van der Waals surface area contributed by atoms with Gasteiger partial charge < -0.3 is 5.32 Å². The molecule has 6 heteroatoms. The van der Waals surface area contributed by atoms with E-state index in [1.54, 1.807) is 6.20 Å². The molecule has 3 rings (SSSR count). The molecule has 0 atom stereocenters. The van der Waals surface area contributed by atoms with Crippen LogP contribution in [-0.2, 0) is 6.54 Å². The third-order valence-corrected chi connectivity index (χ3v) is 4.01. The topological polar surface area (TPSA) is 55.6 Å². The van der Waals surface area contributed by atoms with Gasteiger partial charge in [-0.15, -0.1) is 0 Å². The molecule has 0 bridgehead atoms. The first-order valence-electron chi connectivity index (χ1n) is 7.43. The Hall–Kier alpha value is -1.36. The summed E-state index contributed by atoms with van der Waals surface area (Å²) in [7, 11) is 0. The highest BCUT2D eigenvalue weighted by molar-refractivity contribution is 6.28. The predicted octanol–water partition coefficient (Wildman–Crippen LogP) is 3.63. The Labute approximate surface area is 123 Å². The lowest BCUT2D eigenvalue weighted by Crippen LogP contribution is -2.23. The van der Waals surface area contributed by atoms with Crippen molar-refractivity contribution in [3.05, 3.63) is 11.5 Å². The normalized spacial score (nSPS) is 16.7. The van der Waals surface area contributed by atoms with Gasteiger partial charge in [0.15, 0.2) is 5.82 Å². The SMILES string of the molecule is CCCn1ncc2nc(Cl)nc(NC3CCCCC3)c21. The lowest BCUT2D eigenvalue weighted by Gasteiger charge is -2.23. The monoisotopic (exact) mass is 293 g/mol. The zero-order valence-electron chi connectivity index (χ0n) is 11.8. The maximum absolute atomic E-state index is 6.03. The van der Waals surface area contributed by atoms with Crippen molar-refractivity contribution in [2.24, 2.45) is 0 Å². The first-order chi connectivity index (χ1) is 9.78. The van der Waals surface area contributed by atoms with Crippen LogP contribution < -0.4 is 5.32 Å². The molecule has 0 amide bonds. The second-order valence-corrected chi connectivity index (χ2v) is 5.76. The Kier molecular flexibility index (Phi) is 4.05. The first kappa shape index (κ1) is 13.6. The summed E-state index contributed by atoms with van der Waals surface area (Å²) >= 11 is 6.03. The number of aromatic nitrogens is 4. The van der Waals surface area contributed by atoms with E-state index in [4.69, 9.17) is 11.6 Å². The smallest absolute Gasteiger partial charge is 0.225 e. The average Bonchev–Trinajstić information content (AvgIpc) is 2.83. The molecule has 1 aliphatic rings. The molecule has 0 radical (unpaired) electrons. The van der Waals surface area contributed by atoms with E-state index in [2.05, 4.69) is 27.3 Å². The molecule has 5 nitrogen and oxygen atoms in total. The summed E-state index contributed by atoms with van der Waals surface area (Å²) in [4.78, 5) is 8.66. The minimum Gasteiger partial charge on any atom is -0.365 e. The van der Waals surface area contributed by atoms with E-state index in [9.17, 15) is 0 Å². The Morgan fingerprint density at radius 3 is 2.85 bits per heavy atom. The third kappa shape index (κ3) is 2.73. The molecule has 1 N–H and O–H groups in total. The van der Waals surface area contributed by atoms with E-state index < -0.39 is 0 Å². The molecule has 2 aromatic rings. The molecule has 0 unspecified atom stereocenters. The molecule has 1 saturated carbocycles. The van der Waals surface area contributed by atoms with Gasteiger partial charge in [-0.25, -0.2) is 4.98 Å². The van der Waals surface area contributed by atoms with Crippen LogP contribution in [0.25, 0.3) is 11.0 Å². The number of hydrogen-bond donors (Lipinski definition) is 1. The highest BCUT2D eigenvalue weighted by Gasteiger charge is 2.18. The number of fused-ring (bicyclic) bond motifs is 1. The van der Waals surface area contributed by atoms with Gasteiger partial charge in [-0.1, -0.05) is 26.2 Å². The van der Waals surface area contributed by atoms with Crippen molar-refractivity contribution in [3.8, 4) is 0 Å². The van der Waals surface area contributed by atoms with Crippen molar-refractivity contribution in [3.63, 3.8) is 0 Å². The van der Waals surface area contributed by atoms with Crippen LogP contribution in [0.5, 0.6) is 0 Å². The largest absolute Gasteiger partial charge is 0.365 e. The molecular formula is C14H20ClN5. The molecule has 0 saturated heterocycles. The van der Waals surface area contributed by atoms with Gasteiger partial charge in [-0.05, 0) is 30.9 Å². The first-order valence-corrected chi connectivity index (χ1v) is 7.81. The fourth-order valence-electron chi connectivity index (χ4n) is 2.89. The fraction of sp³-hybridized carbons (Fsp3) is 0.643. The summed E-state index contributed by atoms with van der Waals surface area (Å²) in [6.07, 6.45) is 9.11. The van der Waals surface area contributed by atoms with Gasteiger partial charge in [0.2, 0.25) is 5.28 Å². The predicted molar refractivity (Wildman–Crippen MR) is 81.1 cm³/mol. The minimum atomic E-state index is 0.284. The molecule has 20 heavy (non-hydrogen) atoms. The van der Waals surface area contributed by atoms with Crippen LogP contribution in [0.2, 0.25) is 5.28 Å². The van der Waals surface area contributed by atoms with E-state index >= 15 is 0 Å². The molecule has 1 aliphatic carbocycles. The summed E-state index contributed by atoms with van der Waals surface area (Å²) in [5.74, 6) is 0.831. The number of anilines is 1. The molecule has 0 aliphatic heterocycles. The summed E-state index contributed by atoms with van der Waals surface area (Å²) in [5.41, 5.74) is 1.79. The van der Waals surface area contributed by atoms with Gasteiger partial charge in [0.05, 0.1) is 6.20 Å². The lowest BCUT2D eigenvalue weighted by atomic mass is 9.95. The van der Waals surface area contributed by atoms with Gasteiger partial charge in [0.1, 0.15) is 11.0 Å². The standard InChI is InChI=1S/C14H20ClN5/c1-2-8-20-12-11(9-16-20)18-14(15)19-13(12)17-10-6-4-3-5-7-10/h9-10H,2-8H2,1H3,(H,17,18,19). The van der Waals surface area contributed by atoms with Crippen LogP contribution in [0.1, 0.15) is 45.4 Å². The third-order valence-electron chi connectivity index (χ3n) is 3.84. The van der Waals surface area contributed by atoms with E-state index in [-0.39, 0.29) is 5.28 Å². The van der Waals surface area contributed by atoms with Crippen molar-refractivity contribution in [1.82, 2.24) is 19.7 Å². The van der Waals surface area contributed by atoms with Crippen molar-refractivity contribution in [1.29, 1.82) is 0 Å². The molecule has 1 fully saturated rings. The Morgan fingerprint density at radius 2 is 2.10 bits per heavy atom. The minimum absolute atomic E-state index is 0.284. The van der Waals surface area contributed by atoms with E-state index in [0.29, 0.717) is 6.04 Å². The number of rotatable bonds is 4. The molecule has 108 valence electrons. The van der Waals surface area contributed by atoms with Crippen molar-refractivity contribution in [2.75, 3.05) is 5.32 Å². The summed E-state index contributed by atoms with van der Waals surface area (Å²) < 4.78 is 1.97. The molecule has 0 spiro atoms. The second-order valence-electron chi connectivity index (χ2n) is 5.42. The van der Waals surface area contributed by atoms with E-state index in [0.717, 1.165) is 29.8 Å². The summed E-state index contributed by atoms with van der Waals surface area (Å²) in [6, 6.07) is 0.489. The molecule has 2 aromatic heterocycles. The zero-order valence-corrected chi connectivity index (χ0v) is 12.5. The van der Waals surface area contributed by atoms with Gasteiger partial charge in [0, 0.05) is 12.6 Å². The van der Waals surface area contributed by atoms with E-state index in [1.165, 1.54) is 32.1 Å². The van der Waals surface area contributed by atoms with Crippen LogP contribution in [0.4, 0.5) is 5.82 Å². The quantitative estimate of drug-likeness (QED) is 0.875. The van der Waals surface area contributed by atoms with Gasteiger partial charge in [-0.2, -0.15) is 10.1 Å². The van der Waals surface area contributed by atoms with Crippen LogP contribution in [0.3, 0.4) is 0 Å². The van der Waals surface area contributed by atoms with Gasteiger partial charge in [-0.3, -0.25) is 4.68 Å². The van der Waals surface area contributed by atoms with Crippen molar-refractivity contribution >= 4 is 28.5 Å². The maximum atomic E-state index is 6.03. The highest BCUT2D eigenvalue weighted by Crippen LogP contribution is 2.26. The summed E-state index contributed by atoms with van der Waals surface area (Å²) in [5, 5.41) is 8.23. The lowest BCUT2D eigenvalue weighted by molar-refractivity contribution is 0.462.